The summed E-state index contributed by atoms with van der Waals surface area (Å²) in [6.07, 6.45) is 5.10. The van der Waals surface area contributed by atoms with Crippen molar-refractivity contribution in [2.45, 2.75) is 12.8 Å². The maximum Gasteiger partial charge on any atom is 0.224 e. The zero-order valence-corrected chi connectivity index (χ0v) is 11.6. The first-order valence-corrected chi connectivity index (χ1v) is 6.61. The standard InChI is InChI=1S/C12H17N5OS/c1-14-12(18)8-3-2-4-17(7-8)10-6-15-9(5-16-10)11(13)19/h5-6,8H,2-4,7H2,1H3,(H2,13,19)(H,14,18). The van der Waals surface area contributed by atoms with E-state index < -0.39 is 0 Å². The van der Waals surface area contributed by atoms with Gasteiger partial charge in [-0.15, -0.1) is 0 Å². The van der Waals surface area contributed by atoms with E-state index in [0.29, 0.717) is 12.2 Å². The van der Waals surface area contributed by atoms with E-state index in [1.807, 2.05) is 0 Å². The van der Waals surface area contributed by atoms with E-state index in [1.54, 1.807) is 19.4 Å². The Bertz CT molecular complexity index is 476. The van der Waals surface area contributed by atoms with Crippen LogP contribution in [0.25, 0.3) is 0 Å². The van der Waals surface area contributed by atoms with E-state index in [1.165, 1.54) is 0 Å². The van der Waals surface area contributed by atoms with Crippen LogP contribution in [0.5, 0.6) is 0 Å². The Morgan fingerprint density at radius 3 is 2.89 bits per heavy atom. The molecule has 2 rings (SSSR count). The number of hydrogen-bond acceptors (Lipinski definition) is 5. The minimum atomic E-state index is 0.0100. The largest absolute Gasteiger partial charge is 0.388 e. The second kappa shape index (κ2) is 5.92. The van der Waals surface area contributed by atoms with Crippen molar-refractivity contribution in [2.75, 3.05) is 25.0 Å². The molecule has 1 aromatic rings. The highest BCUT2D eigenvalue weighted by atomic mass is 32.1. The molecule has 0 aliphatic carbocycles. The number of rotatable bonds is 3. The minimum absolute atomic E-state index is 0.0100. The fourth-order valence-corrected chi connectivity index (χ4v) is 2.32. The molecule has 1 unspecified atom stereocenters. The lowest BCUT2D eigenvalue weighted by molar-refractivity contribution is -0.124. The van der Waals surface area contributed by atoms with Crippen molar-refractivity contribution in [3.05, 3.63) is 18.1 Å². The van der Waals surface area contributed by atoms with Gasteiger partial charge in [0.25, 0.3) is 0 Å². The SMILES string of the molecule is CNC(=O)C1CCCN(c2cnc(C(N)=S)cn2)C1. The van der Waals surface area contributed by atoms with Gasteiger partial charge in [-0.2, -0.15) is 0 Å². The number of carbonyl (C=O) groups is 1. The Hall–Kier alpha value is -1.76. The molecule has 1 fully saturated rings. The van der Waals surface area contributed by atoms with Gasteiger partial charge in [0, 0.05) is 20.1 Å². The number of anilines is 1. The van der Waals surface area contributed by atoms with Crippen LogP contribution in [0.4, 0.5) is 5.82 Å². The molecule has 0 radical (unpaired) electrons. The predicted molar refractivity (Wildman–Crippen MR) is 76.9 cm³/mol. The summed E-state index contributed by atoms with van der Waals surface area (Å²) in [7, 11) is 1.66. The Balaban J connectivity index is 2.08. The molecule has 1 amide bonds. The third kappa shape index (κ3) is 3.17. The van der Waals surface area contributed by atoms with Crippen molar-refractivity contribution in [1.82, 2.24) is 15.3 Å². The third-order valence-electron chi connectivity index (χ3n) is 3.25. The van der Waals surface area contributed by atoms with Gasteiger partial charge in [0.05, 0.1) is 18.3 Å². The van der Waals surface area contributed by atoms with Gasteiger partial charge < -0.3 is 16.0 Å². The minimum Gasteiger partial charge on any atom is -0.388 e. The van der Waals surface area contributed by atoms with Gasteiger partial charge in [-0.1, -0.05) is 12.2 Å². The zero-order chi connectivity index (χ0) is 13.8. The van der Waals surface area contributed by atoms with Crippen molar-refractivity contribution < 1.29 is 4.79 Å². The highest BCUT2D eigenvalue weighted by Crippen LogP contribution is 2.21. The fraction of sp³-hybridized carbons (Fsp3) is 0.500. The Morgan fingerprint density at radius 1 is 1.53 bits per heavy atom. The van der Waals surface area contributed by atoms with Crippen LogP contribution in [-0.2, 0) is 4.79 Å². The second-order valence-corrected chi connectivity index (χ2v) is 4.96. The molecule has 2 heterocycles. The number of amides is 1. The van der Waals surface area contributed by atoms with Crippen LogP contribution in [-0.4, -0.2) is 41.0 Å². The molecular weight excluding hydrogens is 262 g/mol. The van der Waals surface area contributed by atoms with Crippen LogP contribution in [0.15, 0.2) is 12.4 Å². The topological polar surface area (TPSA) is 84.1 Å². The molecule has 1 aliphatic heterocycles. The van der Waals surface area contributed by atoms with E-state index in [0.717, 1.165) is 25.2 Å². The maximum atomic E-state index is 11.7. The number of thiocarbonyl (C=S) groups is 1. The van der Waals surface area contributed by atoms with E-state index in [4.69, 9.17) is 18.0 Å². The molecule has 1 aromatic heterocycles. The number of nitrogens with two attached hydrogens (primary N) is 1. The Morgan fingerprint density at radius 2 is 2.32 bits per heavy atom. The normalized spacial score (nSPS) is 19.0. The molecule has 0 bridgehead atoms. The molecule has 1 atom stereocenters. The smallest absolute Gasteiger partial charge is 0.224 e. The number of carbonyl (C=O) groups excluding carboxylic acids is 1. The molecule has 102 valence electrons. The average molecular weight is 279 g/mol. The summed E-state index contributed by atoms with van der Waals surface area (Å²) >= 11 is 4.84. The van der Waals surface area contributed by atoms with Crippen LogP contribution in [0.1, 0.15) is 18.5 Å². The first-order chi connectivity index (χ1) is 9.11. The lowest BCUT2D eigenvalue weighted by Crippen LogP contribution is -2.42. The molecule has 0 saturated carbocycles. The number of aromatic nitrogens is 2. The molecule has 6 nitrogen and oxygen atoms in total. The zero-order valence-electron chi connectivity index (χ0n) is 10.8. The number of hydrogen-bond donors (Lipinski definition) is 2. The van der Waals surface area contributed by atoms with Crippen molar-refractivity contribution in [2.24, 2.45) is 11.7 Å². The molecule has 1 aliphatic rings. The van der Waals surface area contributed by atoms with E-state index >= 15 is 0 Å². The van der Waals surface area contributed by atoms with Gasteiger partial charge in [0.15, 0.2) is 0 Å². The van der Waals surface area contributed by atoms with E-state index in [9.17, 15) is 4.79 Å². The molecule has 0 aromatic carbocycles. The summed E-state index contributed by atoms with van der Waals surface area (Å²) < 4.78 is 0. The summed E-state index contributed by atoms with van der Waals surface area (Å²) in [5.41, 5.74) is 6.00. The monoisotopic (exact) mass is 279 g/mol. The average Bonchev–Trinajstić information content (AvgIpc) is 2.46. The van der Waals surface area contributed by atoms with Crippen LogP contribution in [0, 0.1) is 5.92 Å². The molecule has 19 heavy (non-hydrogen) atoms. The fourth-order valence-electron chi connectivity index (χ4n) is 2.22. The van der Waals surface area contributed by atoms with Crippen molar-refractivity contribution in [3.8, 4) is 0 Å². The maximum absolute atomic E-state index is 11.7. The third-order valence-corrected chi connectivity index (χ3v) is 3.46. The van der Waals surface area contributed by atoms with Crippen LogP contribution in [0.2, 0.25) is 0 Å². The highest BCUT2D eigenvalue weighted by molar-refractivity contribution is 7.80. The van der Waals surface area contributed by atoms with Gasteiger partial charge >= 0.3 is 0 Å². The predicted octanol–water partition coefficient (Wildman–Crippen LogP) is 0.0732. The number of nitrogens with zero attached hydrogens (tertiary/aromatic N) is 3. The second-order valence-electron chi connectivity index (χ2n) is 4.52. The Labute approximate surface area is 117 Å². The van der Waals surface area contributed by atoms with E-state index in [2.05, 4.69) is 20.2 Å². The lowest BCUT2D eigenvalue weighted by atomic mass is 9.97. The molecule has 7 heteroatoms. The van der Waals surface area contributed by atoms with Crippen molar-refractivity contribution >= 4 is 28.9 Å². The molecule has 1 saturated heterocycles. The summed E-state index contributed by atoms with van der Waals surface area (Å²) in [5.74, 6) is 0.849. The van der Waals surface area contributed by atoms with Gasteiger partial charge in [-0.25, -0.2) is 9.97 Å². The van der Waals surface area contributed by atoms with Gasteiger partial charge in [-0.05, 0) is 12.8 Å². The van der Waals surface area contributed by atoms with Crippen LogP contribution in [0.3, 0.4) is 0 Å². The van der Waals surface area contributed by atoms with Gasteiger partial charge in [0.1, 0.15) is 16.5 Å². The number of piperidine rings is 1. The molecule has 0 spiro atoms. The highest BCUT2D eigenvalue weighted by Gasteiger charge is 2.25. The first kappa shape index (κ1) is 13.7. The van der Waals surface area contributed by atoms with Crippen LogP contribution >= 0.6 is 12.2 Å². The summed E-state index contributed by atoms with van der Waals surface area (Å²) in [6.45, 7) is 1.55. The molecular formula is C12H17N5OS. The quantitative estimate of drug-likeness (QED) is 0.762. The van der Waals surface area contributed by atoms with Gasteiger partial charge in [0.2, 0.25) is 5.91 Å². The van der Waals surface area contributed by atoms with E-state index in [-0.39, 0.29) is 16.8 Å². The molecule has 3 N–H and O–H groups in total. The van der Waals surface area contributed by atoms with Gasteiger partial charge in [-0.3, -0.25) is 4.79 Å². The van der Waals surface area contributed by atoms with Crippen molar-refractivity contribution in [1.29, 1.82) is 0 Å². The lowest BCUT2D eigenvalue weighted by Gasteiger charge is -2.32. The summed E-state index contributed by atoms with van der Waals surface area (Å²) in [5, 5.41) is 2.70. The summed E-state index contributed by atoms with van der Waals surface area (Å²) in [6, 6.07) is 0. The first-order valence-electron chi connectivity index (χ1n) is 6.20. The summed E-state index contributed by atoms with van der Waals surface area (Å²) in [4.78, 5) is 22.5. The Kier molecular flexibility index (Phi) is 4.26. The number of nitrogens with one attached hydrogen (secondary N) is 1. The van der Waals surface area contributed by atoms with Crippen LogP contribution < -0.4 is 16.0 Å². The van der Waals surface area contributed by atoms with Crippen molar-refractivity contribution in [3.63, 3.8) is 0 Å².